The molecule has 0 amide bonds. The van der Waals surface area contributed by atoms with Crippen molar-refractivity contribution in [3.63, 3.8) is 0 Å². The number of carbonyl (C=O) groups excluding carboxylic acids is 1. The van der Waals surface area contributed by atoms with E-state index in [0.29, 0.717) is 51.4 Å². The first-order chi connectivity index (χ1) is 31.6. The predicted molar refractivity (Wildman–Crippen MR) is 219 cm³/mol. The maximum absolute atomic E-state index is 14.2. The van der Waals surface area contributed by atoms with Crippen molar-refractivity contribution in [1.29, 1.82) is 0 Å². The van der Waals surface area contributed by atoms with Crippen LogP contribution in [0.2, 0.25) is 0 Å². The smallest absolute Gasteiger partial charge is 0.314 e. The van der Waals surface area contributed by atoms with Crippen LogP contribution in [0.4, 0.5) is 0 Å². The molecule has 384 valence electrons. The van der Waals surface area contributed by atoms with E-state index >= 15 is 0 Å². The van der Waals surface area contributed by atoms with Gasteiger partial charge in [-0.05, 0) is 86.5 Å². The minimum Gasteiger partial charge on any atom is -0.432 e. The van der Waals surface area contributed by atoms with E-state index < -0.39 is 166 Å². The molecule has 2 bridgehead atoms. The molecule has 14 N–H and O–H groups in total. The first-order valence-corrected chi connectivity index (χ1v) is 23.4. The van der Waals surface area contributed by atoms with E-state index in [-0.39, 0.29) is 22.7 Å². The van der Waals surface area contributed by atoms with Gasteiger partial charge in [0, 0.05) is 0 Å². The summed E-state index contributed by atoms with van der Waals surface area (Å²) in [5.74, 6) is -0.650. The number of esters is 1. The average Bonchev–Trinajstić information content (AvgIpc) is 3.50. The molecule has 67 heavy (non-hydrogen) atoms. The van der Waals surface area contributed by atoms with Gasteiger partial charge in [0.05, 0.1) is 37.4 Å². The third-order valence-corrected chi connectivity index (χ3v) is 17.1. The van der Waals surface area contributed by atoms with E-state index in [1.54, 1.807) is 0 Å². The third-order valence-electron chi connectivity index (χ3n) is 17.1. The van der Waals surface area contributed by atoms with Crippen molar-refractivity contribution in [2.45, 2.75) is 200 Å². The van der Waals surface area contributed by atoms with Crippen LogP contribution in [0.3, 0.4) is 0 Å². The van der Waals surface area contributed by atoms with Gasteiger partial charge < -0.3 is 109 Å². The molecule has 4 heterocycles. The SMILES string of the molecule is C=C1C[C@@]23CC[C@H]4[C@@](C)(CCC[C@@]4(C)C(=O)O[C@@H]4O[C@H](CO)[C@@H](O)[C@H](O)[C@H]4O)[C@@H]2CC[C@]1(O[C@@H]1O[C@H](CO)[C@@H](O[C@H]2O[C@H](CO)[C@@H](O[C@H]4O[C@H](CO)[C@@H](O)[C@H](O)[C@H]4O)[C@H](O)[C@H]2O)[C@H](O)[C@H]1O)C3. The molecule has 8 fully saturated rings. The Bertz CT molecular complexity index is 1750. The normalized spacial score (nSPS) is 54.5. The van der Waals surface area contributed by atoms with E-state index in [2.05, 4.69) is 13.5 Å². The van der Waals surface area contributed by atoms with Gasteiger partial charge in [0.2, 0.25) is 6.29 Å². The number of carbonyl (C=O) groups is 1. The van der Waals surface area contributed by atoms with Gasteiger partial charge in [0.1, 0.15) is 97.7 Å². The number of aliphatic hydroxyl groups is 14. The molecule has 0 aromatic carbocycles. The van der Waals surface area contributed by atoms with E-state index in [9.17, 15) is 76.3 Å². The maximum Gasteiger partial charge on any atom is 0.314 e. The summed E-state index contributed by atoms with van der Waals surface area (Å²) in [6, 6.07) is 0. The van der Waals surface area contributed by atoms with Crippen LogP contribution in [0.5, 0.6) is 0 Å². The third kappa shape index (κ3) is 8.63. The molecule has 1 spiro atoms. The van der Waals surface area contributed by atoms with Crippen molar-refractivity contribution in [1.82, 2.24) is 0 Å². The lowest BCUT2D eigenvalue weighted by atomic mass is 9.41. The van der Waals surface area contributed by atoms with Crippen LogP contribution in [0.15, 0.2) is 12.2 Å². The minimum atomic E-state index is -1.98. The van der Waals surface area contributed by atoms with Gasteiger partial charge >= 0.3 is 5.97 Å². The Morgan fingerprint density at radius 2 is 1.03 bits per heavy atom. The van der Waals surface area contributed by atoms with Gasteiger partial charge in [-0.25, -0.2) is 0 Å². The van der Waals surface area contributed by atoms with Crippen molar-refractivity contribution < 1.29 is 114 Å². The van der Waals surface area contributed by atoms with Crippen molar-refractivity contribution in [3.8, 4) is 0 Å². The number of hydrogen-bond donors (Lipinski definition) is 14. The fourth-order valence-corrected chi connectivity index (χ4v) is 13.5. The van der Waals surface area contributed by atoms with E-state index in [0.717, 1.165) is 12.0 Å². The Balaban J connectivity index is 0.920. The molecule has 4 saturated heterocycles. The lowest BCUT2D eigenvalue weighted by molar-refractivity contribution is -0.383. The summed E-state index contributed by atoms with van der Waals surface area (Å²) >= 11 is 0. The molecule has 23 heteroatoms. The molecule has 8 rings (SSSR count). The largest absolute Gasteiger partial charge is 0.432 e. The van der Waals surface area contributed by atoms with Gasteiger partial charge in [0.15, 0.2) is 18.9 Å². The zero-order valence-corrected chi connectivity index (χ0v) is 37.5. The van der Waals surface area contributed by atoms with Crippen molar-refractivity contribution in [2.75, 3.05) is 26.4 Å². The first kappa shape index (κ1) is 51.7. The van der Waals surface area contributed by atoms with Gasteiger partial charge in [-0.15, -0.1) is 0 Å². The maximum atomic E-state index is 14.2. The molecule has 4 saturated carbocycles. The average molecular weight is 967 g/mol. The molecule has 4 aliphatic heterocycles. The highest BCUT2D eigenvalue weighted by Crippen LogP contribution is 2.73. The summed E-state index contributed by atoms with van der Waals surface area (Å²) in [7, 11) is 0. The van der Waals surface area contributed by atoms with Gasteiger partial charge in [-0.1, -0.05) is 19.9 Å². The van der Waals surface area contributed by atoms with E-state index in [1.807, 2.05) is 6.92 Å². The molecular weight excluding hydrogens is 896 g/mol. The molecule has 23 nitrogen and oxygen atoms in total. The molecule has 0 unspecified atom stereocenters. The Morgan fingerprint density at radius 1 is 0.567 bits per heavy atom. The highest BCUT2D eigenvalue weighted by molar-refractivity contribution is 5.77. The van der Waals surface area contributed by atoms with Gasteiger partial charge in [-0.3, -0.25) is 4.79 Å². The molecule has 0 aromatic heterocycles. The van der Waals surface area contributed by atoms with Crippen LogP contribution in [0.1, 0.15) is 71.6 Å². The number of rotatable bonds is 12. The molecule has 8 aliphatic rings. The minimum absolute atomic E-state index is 0.0994. The highest BCUT2D eigenvalue weighted by atomic mass is 16.8. The van der Waals surface area contributed by atoms with E-state index in [4.69, 9.17) is 37.9 Å². The summed E-state index contributed by atoms with van der Waals surface area (Å²) < 4.78 is 46.6. The Morgan fingerprint density at radius 3 is 1.58 bits per heavy atom. The summed E-state index contributed by atoms with van der Waals surface area (Å²) in [6.45, 7) is 5.44. The Labute approximate surface area is 386 Å². The lowest BCUT2D eigenvalue weighted by Gasteiger charge is -2.64. The number of hydrogen-bond acceptors (Lipinski definition) is 23. The number of ether oxygens (including phenoxy) is 8. The second-order valence-corrected chi connectivity index (χ2v) is 20.8. The molecule has 26 atom stereocenters. The fraction of sp³-hybridized carbons (Fsp3) is 0.932. The van der Waals surface area contributed by atoms with Gasteiger partial charge in [-0.2, -0.15) is 0 Å². The Hall–Kier alpha value is -1.63. The quantitative estimate of drug-likeness (QED) is 0.0494. The van der Waals surface area contributed by atoms with Crippen LogP contribution in [-0.4, -0.2) is 232 Å². The highest BCUT2D eigenvalue weighted by Gasteiger charge is 2.69. The van der Waals surface area contributed by atoms with Crippen molar-refractivity contribution in [2.24, 2.45) is 28.1 Å². The van der Waals surface area contributed by atoms with Crippen LogP contribution < -0.4 is 0 Å². The summed E-state index contributed by atoms with van der Waals surface area (Å²) in [6.07, 6.45) is -27.8. The van der Waals surface area contributed by atoms with Gasteiger partial charge in [0.25, 0.3) is 0 Å². The van der Waals surface area contributed by atoms with Crippen molar-refractivity contribution >= 4 is 5.97 Å². The topological polar surface area (TPSA) is 374 Å². The molecule has 0 aromatic rings. The summed E-state index contributed by atoms with van der Waals surface area (Å²) in [5.41, 5.74) is -1.91. The standard InChI is InChI=1S/C44H70O23/c1-17-11-43-9-5-22-41(2,7-4-8-42(22,3)40(59)66-38-31(56)27(52)25(50)19(13-46)61-38)23(43)6-10-44(17,16-43)67-39-33(58)29(54)35(21(15-48)63-39)65-37-32(57)28(53)34(20(14-47)62-37)64-36-30(55)26(51)24(49)18(12-45)60-36/h18-39,45-58H,1,4-16H2,2-3H3/t18-,19-,20-,21-,22+,23+,24-,25-,26+,27+,28-,29-,30-,31-,32-,33-,34-,35-,36-,37-,38+,39+,41-,42-,43-,44+/m1/s1. The van der Waals surface area contributed by atoms with Crippen LogP contribution in [0.25, 0.3) is 0 Å². The Kier molecular flexibility index (Phi) is 15.0. The second-order valence-electron chi connectivity index (χ2n) is 20.8. The summed E-state index contributed by atoms with van der Waals surface area (Å²) in [4.78, 5) is 14.2. The molecule has 4 aliphatic carbocycles. The van der Waals surface area contributed by atoms with Crippen molar-refractivity contribution in [3.05, 3.63) is 12.2 Å². The molecular formula is C44H70O23. The molecule has 0 radical (unpaired) electrons. The van der Waals surface area contributed by atoms with Crippen LogP contribution in [-0.2, 0) is 42.7 Å². The zero-order valence-electron chi connectivity index (χ0n) is 37.5. The lowest BCUT2D eigenvalue weighted by Crippen LogP contribution is -2.67. The second kappa shape index (κ2) is 19.4. The van der Waals surface area contributed by atoms with Crippen LogP contribution in [0, 0.1) is 28.1 Å². The fourth-order valence-electron chi connectivity index (χ4n) is 13.5. The number of aliphatic hydroxyl groups excluding tert-OH is 14. The van der Waals surface area contributed by atoms with E-state index in [1.165, 1.54) is 0 Å². The monoisotopic (exact) mass is 966 g/mol. The first-order valence-electron chi connectivity index (χ1n) is 23.4. The van der Waals surface area contributed by atoms with Crippen LogP contribution >= 0.6 is 0 Å². The summed E-state index contributed by atoms with van der Waals surface area (Å²) in [5, 5.41) is 147. The number of fused-ring (bicyclic) bond motifs is 3. The zero-order chi connectivity index (χ0) is 48.7. The predicted octanol–water partition coefficient (Wildman–Crippen LogP) is -5.11.